The van der Waals surface area contributed by atoms with Crippen molar-refractivity contribution < 1.29 is 28.2 Å². The third-order valence-corrected chi connectivity index (χ3v) is 4.19. The molecule has 0 saturated carbocycles. The highest BCUT2D eigenvalue weighted by molar-refractivity contribution is 6.07. The fourth-order valence-corrected chi connectivity index (χ4v) is 2.99. The van der Waals surface area contributed by atoms with E-state index >= 15 is 0 Å². The lowest BCUT2D eigenvalue weighted by Gasteiger charge is -2.40. The van der Waals surface area contributed by atoms with Crippen molar-refractivity contribution in [3.63, 3.8) is 0 Å². The number of anilines is 1. The van der Waals surface area contributed by atoms with Gasteiger partial charge in [-0.15, -0.1) is 0 Å². The molecule has 0 saturated heterocycles. The highest BCUT2D eigenvalue weighted by Crippen LogP contribution is 2.43. The van der Waals surface area contributed by atoms with E-state index in [1.54, 1.807) is 38.2 Å². The largest absolute Gasteiger partial charge is 0.493 e. The second kappa shape index (κ2) is 6.99. The summed E-state index contributed by atoms with van der Waals surface area (Å²) in [5.41, 5.74) is 0.673. The van der Waals surface area contributed by atoms with Crippen LogP contribution >= 0.6 is 0 Å². The number of hydrogen-bond acceptors (Lipinski definition) is 6. The van der Waals surface area contributed by atoms with Crippen molar-refractivity contribution in [2.45, 2.75) is 13.1 Å². The molecular formula is C18H20N2O6. The normalized spacial score (nSPS) is 16.3. The number of carbonyl (C=O) groups excluding carboxylic acids is 2. The zero-order valence-corrected chi connectivity index (χ0v) is 15.0. The van der Waals surface area contributed by atoms with Gasteiger partial charge in [0.05, 0.1) is 38.3 Å². The van der Waals surface area contributed by atoms with E-state index in [4.69, 9.17) is 18.6 Å². The van der Waals surface area contributed by atoms with Crippen LogP contribution in [0.1, 0.15) is 29.2 Å². The van der Waals surface area contributed by atoms with Gasteiger partial charge in [-0.05, 0) is 25.1 Å². The lowest BCUT2D eigenvalue weighted by Crippen LogP contribution is -2.50. The van der Waals surface area contributed by atoms with Gasteiger partial charge in [0.15, 0.2) is 17.7 Å². The fraction of sp³-hybridized carbons (Fsp3) is 0.333. The summed E-state index contributed by atoms with van der Waals surface area (Å²) >= 11 is 0. The molecule has 138 valence electrons. The molecule has 2 aromatic rings. The number of fused-ring (bicyclic) bond motifs is 1. The van der Waals surface area contributed by atoms with Crippen molar-refractivity contribution in [3.8, 4) is 11.5 Å². The van der Waals surface area contributed by atoms with Crippen molar-refractivity contribution in [1.82, 2.24) is 4.90 Å². The topological polar surface area (TPSA) is 81.4 Å². The number of methoxy groups -OCH3 is 2. The summed E-state index contributed by atoms with van der Waals surface area (Å²) in [5, 5.41) is 0. The van der Waals surface area contributed by atoms with Crippen LogP contribution in [0.4, 0.5) is 10.5 Å². The van der Waals surface area contributed by atoms with Gasteiger partial charge in [0.2, 0.25) is 0 Å². The summed E-state index contributed by atoms with van der Waals surface area (Å²) in [6.07, 6.45) is 0.116. The quantitative estimate of drug-likeness (QED) is 0.834. The van der Waals surface area contributed by atoms with Crippen LogP contribution < -0.4 is 14.4 Å². The van der Waals surface area contributed by atoms with E-state index in [1.807, 2.05) is 0 Å². The second-order valence-corrected chi connectivity index (χ2v) is 5.60. The minimum atomic E-state index is -0.776. The van der Waals surface area contributed by atoms with Crippen LogP contribution in [-0.4, -0.2) is 44.8 Å². The van der Waals surface area contributed by atoms with Crippen LogP contribution in [-0.2, 0) is 4.74 Å². The molecule has 1 aliphatic heterocycles. The van der Waals surface area contributed by atoms with E-state index in [9.17, 15) is 9.59 Å². The molecule has 0 aliphatic carbocycles. The second-order valence-electron chi connectivity index (χ2n) is 5.60. The van der Waals surface area contributed by atoms with E-state index in [2.05, 4.69) is 0 Å². The lowest BCUT2D eigenvalue weighted by molar-refractivity contribution is 0.0673. The van der Waals surface area contributed by atoms with E-state index in [0.717, 1.165) is 0 Å². The number of nitrogens with zero attached hydrogens (tertiary/aromatic N) is 2. The van der Waals surface area contributed by atoms with Crippen LogP contribution in [0.2, 0.25) is 0 Å². The number of benzene rings is 1. The molecule has 3 rings (SSSR count). The van der Waals surface area contributed by atoms with Crippen molar-refractivity contribution in [2.75, 3.05) is 32.8 Å². The lowest BCUT2D eigenvalue weighted by atomic mass is 10.0. The number of amides is 2. The number of ether oxygens (including phenoxy) is 3. The summed E-state index contributed by atoms with van der Waals surface area (Å²) in [6.45, 7) is 1.91. The first-order chi connectivity index (χ1) is 12.5. The number of carbonyl (C=O) groups is 2. The molecule has 0 N–H and O–H groups in total. The smallest absolute Gasteiger partial charge is 0.416 e. The molecule has 26 heavy (non-hydrogen) atoms. The molecule has 1 atom stereocenters. The summed E-state index contributed by atoms with van der Waals surface area (Å²) in [6, 6.07) is 6.54. The maximum absolute atomic E-state index is 12.9. The Balaban J connectivity index is 2.23. The van der Waals surface area contributed by atoms with Gasteiger partial charge in [0.25, 0.3) is 5.91 Å². The summed E-state index contributed by atoms with van der Waals surface area (Å²) < 4.78 is 21.3. The Labute approximate surface area is 150 Å². The average Bonchev–Trinajstić information content (AvgIpc) is 3.17. The molecule has 1 aromatic heterocycles. The zero-order valence-electron chi connectivity index (χ0n) is 15.0. The average molecular weight is 360 g/mol. The Bertz CT molecular complexity index is 817. The van der Waals surface area contributed by atoms with Gasteiger partial charge in [-0.1, -0.05) is 0 Å². The third-order valence-electron chi connectivity index (χ3n) is 4.19. The van der Waals surface area contributed by atoms with Crippen molar-refractivity contribution >= 4 is 17.7 Å². The van der Waals surface area contributed by atoms with Crippen LogP contribution in [0.25, 0.3) is 0 Å². The van der Waals surface area contributed by atoms with E-state index < -0.39 is 12.3 Å². The maximum Gasteiger partial charge on any atom is 0.416 e. The number of hydrogen-bond donors (Lipinski definition) is 0. The van der Waals surface area contributed by atoms with Gasteiger partial charge in [-0.2, -0.15) is 0 Å². The highest BCUT2D eigenvalue weighted by atomic mass is 16.6. The molecule has 8 nitrogen and oxygen atoms in total. The zero-order chi connectivity index (χ0) is 18.8. The van der Waals surface area contributed by atoms with Crippen LogP contribution in [0.3, 0.4) is 0 Å². The molecule has 0 spiro atoms. The van der Waals surface area contributed by atoms with Gasteiger partial charge in [0.1, 0.15) is 5.76 Å². The first-order valence-corrected chi connectivity index (χ1v) is 8.06. The molecule has 0 fully saturated rings. The van der Waals surface area contributed by atoms with Crippen LogP contribution in [0.5, 0.6) is 11.5 Å². The molecule has 0 bridgehead atoms. The van der Waals surface area contributed by atoms with Crippen LogP contribution in [0.15, 0.2) is 34.9 Å². The van der Waals surface area contributed by atoms with Gasteiger partial charge in [-0.25, -0.2) is 9.69 Å². The van der Waals surface area contributed by atoms with Gasteiger partial charge >= 0.3 is 6.09 Å². The standard InChI is InChI=1S/C18H20N2O6/c1-5-25-18(22)20-12-10-15(24-4)14(23-3)9-11(12)17(21)19(2)16(20)13-7-6-8-26-13/h6-10,16H,5H2,1-4H3. The Morgan fingerprint density at radius 3 is 2.50 bits per heavy atom. The summed E-state index contributed by atoms with van der Waals surface area (Å²) in [4.78, 5) is 28.4. The fourth-order valence-electron chi connectivity index (χ4n) is 2.99. The minimum Gasteiger partial charge on any atom is -0.493 e. The first kappa shape index (κ1) is 17.7. The van der Waals surface area contributed by atoms with Crippen molar-refractivity contribution in [1.29, 1.82) is 0 Å². The summed E-state index contributed by atoms with van der Waals surface area (Å²) in [7, 11) is 4.57. The Morgan fingerprint density at radius 1 is 1.23 bits per heavy atom. The minimum absolute atomic E-state index is 0.195. The highest BCUT2D eigenvalue weighted by Gasteiger charge is 2.43. The predicted molar refractivity (Wildman–Crippen MR) is 92.6 cm³/mol. The van der Waals surface area contributed by atoms with Gasteiger partial charge in [0, 0.05) is 13.1 Å². The Kier molecular flexibility index (Phi) is 4.75. The number of furan rings is 1. The molecule has 8 heteroatoms. The monoisotopic (exact) mass is 360 g/mol. The SMILES string of the molecule is CCOC(=O)N1c2cc(OC)c(OC)cc2C(=O)N(C)C1c1ccco1. The predicted octanol–water partition coefficient (Wildman–Crippen LogP) is 3.04. The molecule has 2 heterocycles. The molecule has 2 amide bonds. The number of rotatable bonds is 4. The molecular weight excluding hydrogens is 340 g/mol. The molecule has 1 aliphatic rings. The van der Waals surface area contributed by atoms with E-state index in [-0.39, 0.29) is 12.5 Å². The van der Waals surface area contributed by atoms with Crippen molar-refractivity contribution in [2.24, 2.45) is 0 Å². The maximum atomic E-state index is 12.9. The molecule has 1 aromatic carbocycles. The summed E-state index contributed by atoms with van der Waals surface area (Å²) in [5.74, 6) is 0.960. The Morgan fingerprint density at radius 2 is 1.92 bits per heavy atom. The van der Waals surface area contributed by atoms with E-state index in [0.29, 0.717) is 28.5 Å². The molecule has 0 radical (unpaired) electrons. The Hall–Kier alpha value is -3.16. The van der Waals surface area contributed by atoms with Crippen LogP contribution in [0, 0.1) is 0 Å². The third kappa shape index (κ3) is 2.73. The molecule has 1 unspecified atom stereocenters. The van der Waals surface area contributed by atoms with Crippen molar-refractivity contribution in [3.05, 3.63) is 41.9 Å². The first-order valence-electron chi connectivity index (χ1n) is 8.06. The van der Waals surface area contributed by atoms with Gasteiger partial charge < -0.3 is 23.5 Å². The van der Waals surface area contributed by atoms with Gasteiger partial charge in [-0.3, -0.25) is 4.79 Å². The van der Waals surface area contributed by atoms with E-state index in [1.165, 1.54) is 30.3 Å².